The standard InChI is InChI=1S/C23H24O4/c1-16-6-10-18(11-7-16)22(19-12-8-17(2)9-13-19)5-3-4-20(24)14-21(25)15-23(26)27/h3-13,20,24H,14-15H2,1-2H3,(H,26,27). The molecule has 0 aromatic heterocycles. The van der Waals surface area contributed by atoms with Crippen LogP contribution in [0.4, 0.5) is 0 Å². The molecule has 1 atom stereocenters. The molecule has 0 aliphatic heterocycles. The van der Waals surface area contributed by atoms with Crippen molar-refractivity contribution >= 4 is 17.3 Å². The zero-order valence-corrected chi connectivity index (χ0v) is 15.6. The summed E-state index contributed by atoms with van der Waals surface area (Å²) in [5, 5.41) is 18.5. The van der Waals surface area contributed by atoms with Gasteiger partial charge in [0, 0.05) is 6.42 Å². The maximum Gasteiger partial charge on any atom is 0.310 e. The molecule has 0 heterocycles. The van der Waals surface area contributed by atoms with Crippen molar-refractivity contribution in [3.63, 3.8) is 0 Å². The number of Topliss-reactive ketones (excluding diaryl/α,β-unsaturated/α-hetero) is 1. The van der Waals surface area contributed by atoms with Crippen LogP contribution in [-0.2, 0) is 9.59 Å². The van der Waals surface area contributed by atoms with Gasteiger partial charge in [0.2, 0.25) is 0 Å². The third kappa shape index (κ3) is 6.68. The van der Waals surface area contributed by atoms with Crippen molar-refractivity contribution in [2.75, 3.05) is 0 Å². The maximum atomic E-state index is 11.5. The van der Waals surface area contributed by atoms with Crippen molar-refractivity contribution in [1.82, 2.24) is 0 Å². The summed E-state index contributed by atoms with van der Waals surface area (Å²) in [5.74, 6) is -1.68. The molecule has 0 aliphatic carbocycles. The number of aryl methyl sites for hydroxylation is 2. The third-order valence-electron chi connectivity index (χ3n) is 4.11. The molecule has 0 aliphatic rings. The molecule has 27 heavy (non-hydrogen) atoms. The minimum Gasteiger partial charge on any atom is -0.481 e. The largest absolute Gasteiger partial charge is 0.481 e. The van der Waals surface area contributed by atoms with Crippen LogP contribution in [0, 0.1) is 13.8 Å². The first-order valence-electron chi connectivity index (χ1n) is 8.79. The number of hydrogen-bond acceptors (Lipinski definition) is 3. The molecule has 0 fully saturated rings. The molecule has 0 radical (unpaired) electrons. The van der Waals surface area contributed by atoms with Gasteiger partial charge >= 0.3 is 5.97 Å². The second-order valence-electron chi connectivity index (χ2n) is 6.58. The van der Waals surface area contributed by atoms with Gasteiger partial charge in [-0.3, -0.25) is 9.59 Å². The first kappa shape index (κ1) is 20.3. The number of carbonyl (C=O) groups excluding carboxylic acids is 1. The number of aliphatic hydroxyl groups excluding tert-OH is 1. The minimum absolute atomic E-state index is 0.207. The zero-order valence-electron chi connectivity index (χ0n) is 15.6. The summed E-state index contributed by atoms with van der Waals surface area (Å²) in [4.78, 5) is 22.0. The maximum absolute atomic E-state index is 11.5. The van der Waals surface area contributed by atoms with Crippen molar-refractivity contribution in [3.05, 3.63) is 89.0 Å². The Balaban J connectivity index is 2.22. The van der Waals surface area contributed by atoms with E-state index in [1.807, 2.05) is 68.5 Å². The lowest BCUT2D eigenvalue weighted by Crippen LogP contribution is -2.14. The molecule has 0 amide bonds. The minimum atomic E-state index is -1.18. The number of carboxylic acid groups (broad SMARTS) is 1. The SMILES string of the molecule is Cc1ccc(C(=CC=CC(O)CC(=O)CC(=O)O)c2ccc(C)cc2)cc1. The van der Waals surface area contributed by atoms with E-state index < -0.39 is 24.3 Å². The van der Waals surface area contributed by atoms with E-state index in [1.165, 1.54) is 17.2 Å². The van der Waals surface area contributed by atoms with Gasteiger partial charge < -0.3 is 10.2 Å². The highest BCUT2D eigenvalue weighted by atomic mass is 16.4. The summed E-state index contributed by atoms with van der Waals surface area (Å²) in [6, 6.07) is 16.3. The van der Waals surface area contributed by atoms with Gasteiger partial charge in [-0.05, 0) is 30.5 Å². The quantitative estimate of drug-likeness (QED) is 0.547. The highest BCUT2D eigenvalue weighted by molar-refractivity contribution is 5.95. The van der Waals surface area contributed by atoms with Crippen LogP contribution in [0.1, 0.15) is 35.1 Å². The molecule has 2 rings (SSSR count). The van der Waals surface area contributed by atoms with Crippen LogP contribution in [0.15, 0.2) is 66.8 Å². The van der Waals surface area contributed by atoms with Crippen LogP contribution in [0.25, 0.3) is 5.57 Å². The number of benzene rings is 2. The molecular formula is C23H24O4. The van der Waals surface area contributed by atoms with Crippen LogP contribution in [0.3, 0.4) is 0 Å². The summed E-state index contributed by atoms with van der Waals surface area (Å²) in [6.07, 6.45) is 3.31. The predicted octanol–water partition coefficient (Wildman–Crippen LogP) is 4.09. The molecule has 2 N–H and O–H groups in total. The van der Waals surface area contributed by atoms with Gasteiger partial charge in [0.25, 0.3) is 0 Å². The average Bonchev–Trinajstić information content (AvgIpc) is 2.60. The second-order valence-corrected chi connectivity index (χ2v) is 6.58. The normalized spacial score (nSPS) is 12.0. The molecule has 4 heteroatoms. The Labute approximate surface area is 159 Å². The fraction of sp³-hybridized carbons (Fsp3) is 0.217. The van der Waals surface area contributed by atoms with E-state index in [9.17, 15) is 14.7 Å². The summed E-state index contributed by atoms with van der Waals surface area (Å²) in [6.45, 7) is 4.06. The van der Waals surface area contributed by atoms with Gasteiger partial charge in [0.1, 0.15) is 12.2 Å². The lowest BCUT2D eigenvalue weighted by molar-refractivity contribution is -0.140. The number of aliphatic hydroxyl groups is 1. The topological polar surface area (TPSA) is 74.6 Å². The van der Waals surface area contributed by atoms with E-state index in [4.69, 9.17) is 5.11 Å². The Morgan fingerprint density at radius 3 is 1.85 bits per heavy atom. The summed E-state index contributed by atoms with van der Waals surface area (Å²) in [5.41, 5.74) is 5.43. The molecular weight excluding hydrogens is 340 g/mol. The van der Waals surface area contributed by atoms with Crippen molar-refractivity contribution < 1.29 is 19.8 Å². The Hall–Kier alpha value is -2.98. The third-order valence-corrected chi connectivity index (χ3v) is 4.11. The van der Waals surface area contributed by atoms with Crippen LogP contribution >= 0.6 is 0 Å². The van der Waals surface area contributed by atoms with E-state index in [0.29, 0.717) is 0 Å². The Morgan fingerprint density at radius 2 is 1.41 bits per heavy atom. The van der Waals surface area contributed by atoms with Crippen LogP contribution < -0.4 is 0 Å². The van der Waals surface area contributed by atoms with E-state index in [1.54, 1.807) is 6.08 Å². The fourth-order valence-corrected chi connectivity index (χ4v) is 2.65. The molecule has 1 unspecified atom stereocenters. The molecule has 4 nitrogen and oxygen atoms in total. The van der Waals surface area contributed by atoms with Crippen molar-refractivity contribution in [1.29, 1.82) is 0 Å². The highest BCUT2D eigenvalue weighted by Gasteiger charge is 2.11. The molecule has 0 saturated carbocycles. The Bertz CT molecular complexity index is 795. The summed E-state index contributed by atoms with van der Waals surface area (Å²) < 4.78 is 0. The van der Waals surface area contributed by atoms with E-state index in [0.717, 1.165) is 16.7 Å². The number of carboxylic acids is 1. The predicted molar refractivity (Wildman–Crippen MR) is 106 cm³/mol. The van der Waals surface area contributed by atoms with Gasteiger partial charge in [-0.25, -0.2) is 0 Å². The van der Waals surface area contributed by atoms with Gasteiger partial charge in [0.15, 0.2) is 0 Å². The lowest BCUT2D eigenvalue weighted by atomic mass is 9.96. The molecule has 0 bridgehead atoms. The zero-order chi connectivity index (χ0) is 19.8. The molecule has 0 spiro atoms. The highest BCUT2D eigenvalue weighted by Crippen LogP contribution is 2.24. The molecule has 140 valence electrons. The van der Waals surface area contributed by atoms with Crippen LogP contribution in [0.5, 0.6) is 0 Å². The van der Waals surface area contributed by atoms with E-state index in [-0.39, 0.29) is 6.42 Å². The van der Waals surface area contributed by atoms with Gasteiger partial charge in [0.05, 0.1) is 6.10 Å². The van der Waals surface area contributed by atoms with E-state index in [2.05, 4.69) is 0 Å². The van der Waals surface area contributed by atoms with Gasteiger partial charge in [-0.2, -0.15) is 0 Å². The number of hydrogen-bond donors (Lipinski definition) is 2. The van der Waals surface area contributed by atoms with Gasteiger partial charge in [-0.1, -0.05) is 77.9 Å². The van der Waals surface area contributed by atoms with Crippen molar-refractivity contribution in [3.8, 4) is 0 Å². The first-order chi connectivity index (χ1) is 12.8. The number of aliphatic carboxylic acids is 1. The molecule has 0 saturated heterocycles. The molecule has 2 aromatic carbocycles. The smallest absolute Gasteiger partial charge is 0.310 e. The lowest BCUT2D eigenvalue weighted by Gasteiger charge is -2.09. The number of ketones is 1. The number of carbonyl (C=O) groups is 2. The molecule has 2 aromatic rings. The first-order valence-corrected chi connectivity index (χ1v) is 8.79. The number of allylic oxidation sites excluding steroid dienone is 2. The Morgan fingerprint density at radius 1 is 0.926 bits per heavy atom. The van der Waals surface area contributed by atoms with Crippen LogP contribution in [-0.4, -0.2) is 28.1 Å². The summed E-state index contributed by atoms with van der Waals surface area (Å²) >= 11 is 0. The number of rotatable bonds is 8. The summed E-state index contributed by atoms with van der Waals surface area (Å²) in [7, 11) is 0. The second kappa shape index (κ2) is 9.64. The van der Waals surface area contributed by atoms with Gasteiger partial charge in [-0.15, -0.1) is 0 Å². The Kier molecular flexibility index (Phi) is 7.26. The van der Waals surface area contributed by atoms with E-state index >= 15 is 0 Å². The van der Waals surface area contributed by atoms with Crippen LogP contribution in [0.2, 0.25) is 0 Å². The van der Waals surface area contributed by atoms with Crippen molar-refractivity contribution in [2.24, 2.45) is 0 Å². The average molecular weight is 364 g/mol. The fourth-order valence-electron chi connectivity index (χ4n) is 2.65. The van der Waals surface area contributed by atoms with Crippen molar-refractivity contribution in [2.45, 2.75) is 32.8 Å². The monoisotopic (exact) mass is 364 g/mol.